The zero-order chi connectivity index (χ0) is 18.7. The Balaban J connectivity index is 2.87. The molecular weight excluding hydrogens is 338 g/mol. The van der Waals surface area contributed by atoms with Crippen LogP contribution in [-0.2, 0) is 20.3 Å². The number of amides is 1. The monoisotopic (exact) mass is 363 g/mol. The fourth-order valence-corrected chi connectivity index (χ4v) is 2.44. The van der Waals surface area contributed by atoms with Gasteiger partial charge < -0.3 is 19.6 Å². The first-order chi connectivity index (χ1) is 10.8. The molecule has 1 amide bonds. The average Bonchev–Trinajstić information content (AvgIpc) is 2.78. The van der Waals surface area contributed by atoms with E-state index in [0.29, 0.717) is 0 Å². The SMILES string of the molecule is CC(C)C(NC(=O)OC(C)(C)C)C(O)c1nnc(CS(C)(=O)=O)o1. The summed E-state index contributed by atoms with van der Waals surface area (Å²) in [5.41, 5.74) is -0.677. The average molecular weight is 363 g/mol. The Bertz CT molecular complexity index is 662. The number of aromatic nitrogens is 2. The molecule has 138 valence electrons. The highest BCUT2D eigenvalue weighted by molar-refractivity contribution is 7.89. The van der Waals surface area contributed by atoms with Gasteiger partial charge in [0.25, 0.3) is 0 Å². The van der Waals surface area contributed by atoms with Gasteiger partial charge >= 0.3 is 6.09 Å². The number of nitrogens with zero attached hydrogens (tertiary/aromatic N) is 2. The van der Waals surface area contributed by atoms with E-state index in [2.05, 4.69) is 15.5 Å². The Morgan fingerprint density at radius 2 is 1.92 bits per heavy atom. The molecule has 1 rings (SSSR count). The van der Waals surface area contributed by atoms with Crippen molar-refractivity contribution in [3.63, 3.8) is 0 Å². The number of hydrogen-bond acceptors (Lipinski definition) is 8. The van der Waals surface area contributed by atoms with Gasteiger partial charge in [0.1, 0.15) is 11.4 Å². The molecule has 0 saturated carbocycles. The quantitative estimate of drug-likeness (QED) is 0.770. The van der Waals surface area contributed by atoms with Gasteiger partial charge in [0.05, 0.1) is 6.04 Å². The molecule has 0 aromatic carbocycles. The summed E-state index contributed by atoms with van der Waals surface area (Å²) in [6.45, 7) is 8.76. The van der Waals surface area contributed by atoms with Crippen molar-refractivity contribution < 1.29 is 27.5 Å². The summed E-state index contributed by atoms with van der Waals surface area (Å²) in [4.78, 5) is 11.9. The maximum atomic E-state index is 11.9. The smallest absolute Gasteiger partial charge is 0.407 e. The lowest BCUT2D eigenvalue weighted by Crippen LogP contribution is -2.45. The molecule has 0 fully saturated rings. The lowest BCUT2D eigenvalue weighted by atomic mass is 9.98. The molecule has 2 atom stereocenters. The van der Waals surface area contributed by atoms with Crippen LogP contribution in [0.1, 0.15) is 52.5 Å². The van der Waals surface area contributed by atoms with Crippen LogP contribution in [-0.4, -0.2) is 47.7 Å². The number of nitrogens with one attached hydrogen (secondary N) is 1. The lowest BCUT2D eigenvalue weighted by Gasteiger charge is -2.27. The molecule has 24 heavy (non-hydrogen) atoms. The number of alkyl carbamates (subject to hydrolysis) is 1. The minimum absolute atomic E-state index is 0.119. The Morgan fingerprint density at radius 3 is 2.38 bits per heavy atom. The third-order valence-electron chi connectivity index (χ3n) is 2.86. The van der Waals surface area contributed by atoms with Crippen LogP contribution < -0.4 is 5.32 Å². The van der Waals surface area contributed by atoms with E-state index in [1.165, 1.54) is 0 Å². The minimum atomic E-state index is -3.33. The van der Waals surface area contributed by atoms with E-state index in [1.54, 1.807) is 34.6 Å². The van der Waals surface area contributed by atoms with Crippen LogP contribution in [0.25, 0.3) is 0 Å². The highest BCUT2D eigenvalue weighted by atomic mass is 32.2. The van der Waals surface area contributed by atoms with Gasteiger partial charge in [-0.1, -0.05) is 13.8 Å². The van der Waals surface area contributed by atoms with Crippen molar-refractivity contribution in [1.82, 2.24) is 15.5 Å². The maximum Gasteiger partial charge on any atom is 0.407 e. The molecule has 2 unspecified atom stereocenters. The fourth-order valence-electron chi connectivity index (χ4n) is 1.88. The molecule has 0 saturated heterocycles. The van der Waals surface area contributed by atoms with Gasteiger partial charge in [-0.25, -0.2) is 13.2 Å². The van der Waals surface area contributed by atoms with E-state index in [-0.39, 0.29) is 17.7 Å². The van der Waals surface area contributed by atoms with E-state index in [4.69, 9.17) is 9.15 Å². The molecule has 1 aromatic rings. The number of carbonyl (C=O) groups excluding carboxylic acids is 1. The first-order valence-electron chi connectivity index (χ1n) is 7.46. The van der Waals surface area contributed by atoms with E-state index in [1.807, 2.05) is 0 Å². The number of carbonyl (C=O) groups is 1. The summed E-state index contributed by atoms with van der Waals surface area (Å²) in [5.74, 6) is -0.869. The predicted octanol–water partition coefficient (Wildman–Crippen LogP) is 1.20. The molecule has 0 radical (unpaired) electrons. The molecule has 1 aromatic heterocycles. The molecule has 1 heterocycles. The van der Waals surface area contributed by atoms with Crippen molar-refractivity contribution in [2.45, 2.75) is 58.1 Å². The van der Waals surface area contributed by atoms with Crippen molar-refractivity contribution in [1.29, 1.82) is 0 Å². The third-order valence-corrected chi connectivity index (χ3v) is 3.63. The summed E-state index contributed by atoms with van der Waals surface area (Å²) in [6.07, 6.45) is -0.941. The van der Waals surface area contributed by atoms with Crippen LogP contribution in [0.3, 0.4) is 0 Å². The Hall–Kier alpha value is -1.68. The third kappa shape index (κ3) is 6.83. The van der Waals surface area contributed by atoms with Gasteiger partial charge in [0, 0.05) is 6.26 Å². The van der Waals surface area contributed by atoms with Crippen molar-refractivity contribution in [3.05, 3.63) is 11.8 Å². The zero-order valence-corrected chi connectivity index (χ0v) is 15.5. The van der Waals surface area contributed by atoms with Crippen molar-refractivity contribution in [3.8, 4) is 0 Å². The van der Waals surface area contributed by atoms with Crippen molar-refractivity contribution in [2.75, 3.05) is 6.26 Å². The van der Waals surface area contributed by atoms with Gasteiger partial charge in [0.15, 0.2) is 15.9 Å². The largest absolute Gasteiger partial charge is 0.444 e. The van der Waals surface area contributed by atoms with Gasteiger partial charge in [0.2, 0.25) is 11.8 Å². The Kier molecular flexibility index (Phi) is 6.34. The molecule has 9 nitrogen and oxygen atoms in total. The van der Waals surface area contributed by atoms with Crippen LogP contribution in [0.5, 0.6) is 0 Å². The van der Waals surface area contributed by atoms with Crippen molar-refractivity contribution >= 4 is 15.9 Å². The second kappa shape index (κ2) is 7.47. The maximum absolute atomic E-state index is 11.9. The minimum Gasteiger partial charge on any atom is -0.444 e. The molecule has 0 aliphatic rings. The first kappa shape index (κ1) is 20.4. The van der Waals surface area contributed by atoms with E-state index in [9.17, 15) is 18.3 Å². The second-order valence-corrected chi connectivity index (χ2v) is 9.11. The van der Waals surface area contributed by atoms with Crippen LogP contribution in [0.4, 0.5) is 4.79 Å². The molecule has 0 bridgehead atoms. The lowest BCUT2D eigenvalue weighted by molar-refractivity contribution is 0.0326. The molecule has 2 N–H and O–H groups in total. The number of aliphatic hydroxyl groups excluding tert-OH is 1. The number of sulfone groups is 1. The van der Waals surface area contributed by atoms with Crippen molar-refractivity contribution in [2.24, 2.45) is 5.92 Å². The van der Waals surface area contributed by atoms with Crippen LogP contribution >= 0.6 is 0 Å². The van der Waals surface area contributed by atoms with Gasteiger partial charge in [-0.2, -0.15) is 0 Å². The normalized spacial score (nSPS) is 15.2. The number of rotatable bonds is 6. The second-order valence-electron chi connectivity index (χ2n) is 6.96. The molecule has 0 spiro atoms. The number of hydrogen-bond donors (Lipinski definition) is 2. The standard InChI is InChI=1S/C14H25N3O6S/c1-8(2)10(15-13(19)23-14(3,4)5)11(18)12-17-16-9(22-12)7-24(6,20)21/h8,10-11,18H,7H2,1-6H3,(H,15,19). The highest BCUT2D eigenvalue weighted by Crippen LogP contribution is 2.22. The summed E-state index contributed by atoms with van der Waals surface area (Å²) < 4.78 is 32.8. The fraction of sp³-hybridized carbons (Fsp3) is 0.786. The van der Waals surface area contributed by atoms with E-state index < -0.39 is 39.4 Å². The molecular formula is C14H25N3O6S. The topological polar surface area (TPSA) is 132 Å². The number of ether oxygens (including phenoxy) is 1. The van der Waals surface area contributed by atoms with Crippen LogP contribution in [0.2, 0.25) is 0 Å². The summed E-state index contributed by atoms with van der Waals surface area (Å²) >= 11 is 0. The highest BCUT2D eigenvalue weighted by Gasteiger charge is 2.31. The summed E-state index contributed by atoms with van der Waals surface area (Å²) in [5, 5.41) is 20.2. The van der Waals surface area contributed by atoms with E-state index in [0.717, 1.165) is 6.26 Å². The summed E-state index contributed by atoms with van der Waals surface area (Å²) in [6, 6.07) is -0.744. The van der Waals surface area contributed by atoms with Crippen LogP contribution in [0, 0.1) is 5.92 Å². The Labute approximate surface area is 141 Å². The van der Waals surface area contributed by atoms with Gasteiger partial charge in [-0.05, 0) is 26.7 Å². The predicted molar refractivity (Wildman–Crippen MR) is 85.8 cm³/mol. The van der Waals surface area contributed by atoms with E-state index >= 15 is 0 Å². The summed E-state index contributed by atoms with van der Waals surface area (Å²) in [7, 11) is -3.33. The van der Waals surface area contributed by atoms with Crippen LogP contribution in [0.15, 0.2) is 4.42 Å². The zero-order valence-electron chi connectivity index (χ0n) is 14.7. The van der Waals surface area contributed by atoms with Gasteiger partial charge in [-0.3, -0.25) is 0 Å². The Morgan fingerprint density at radius 1 is 1.33 bits per heavy atom. The van der Waals surface area contributed by atoms with Gasteiger partial charge in [-0.15, -0.1) is 10.2 Å². The molecule has 0 aliphatic heterocycles. The first-order valence-corrected chi connectivity index (χ1v) is 9.52. The molecule has 0 aliphatic carbocycles. The number of aliphatic hydroxyl groups is 1. The molecule has 10 heteroatoms.